The Balaban J connectivity index is 1.71. The van der Waals surface area contributed by atoms with Crippen LogP contribution in [0, 0.1) is 0 Å². The number of aromatic nitrogens is 3. The molecular weight excluding hydrogens is 300 g/mol. The Morgan fingerprint density at radius 1 is 1.50 bits per heavy atom. The van der Waals surface area contributed by atoms with Crippen LogP contribution in [0.15, 0.2) is 17.8 Å². The van der Waals surface area contributed by atoms with E-state index in [0.717, 1.165) is 36.3 Å². The summed E-state index contributed by atoms with van der Waals surface area (Å²) in [7, 11) is 3.57. The molecule has 1 fully saturated rings. The van der Waals surface area contributed by atoms with E-state index in [2.05, 4.69) is 10.1 Å². The molecular formula is C15H20N4O2S. The van der Waals surface area contributed by atoms with Crippen molar-refractivity contribution >= 4 is 17.2 Å². The van der Waals surface area contributed by atoms with Gasteiger partial charge in [-0.05, 0) is 12.8 Å². The minimum Gasteiger partial charge on any atom is -0.388 e. The second kappa shape index (κ2) is 5.81. The fourth-order valence-corrected chi connectivity index (χ4v) is 3.71. The highest BCUT2D eigenvalue weighted by atomic mass is 32.1. The Kier molecular flexibility index (Phi) is 4.01. The van der Waals surface area contributed by atoms with E-state index in [1.54, 1.807) is 28.2 Å². The zero-order chi connectivity index (χ0) is 15.7. The first-order chi connectivity index (χ1) is 10.5. The molecule has 1 amide bonds. The Labute approximate surface area is 133 Å². The van der Waals surface area contributed by atoms with E-state index in [9.17, 15) is 9.90 Å². The smallest absolute Gasteiger partial charge is 0.273 e. The third kappa shape index (κ3) is 3.05. The molecule has 118 valence electrons. The van der Waals surface area contributed by atoms with Gasteiger partial charge in [0, 0.05) is 37.8 Å². The van der Waals surface area contributed by atoms with Crippen molar-refractivity contribution in [2.24, 2.45) is 7.05 Å². The second-order valence-corrected chi connectivity index (χ2v) is 6.89. The lowest BCUT2D eigenvalue weighted by Gasteiger charge is -2.28. The van der Waals surface area contributed by atoms with Crippen LogP contribution in [0.1, 0.15) is 36.2 Å². The molecule has 0 unspecified atom stereocenters. The van der Waals surface area contributed by atoms with Gasteiger partial charge in [0.2, 0.25) is 0 Å². The van der Waals surface area contributed by atoms with Crippen molar-refractivity contribution in [3.8, 4) is 10.6 Å². The number of thiazole rings is 1. The zero-order valence-electron chi connectivity index (χ0n) is 12.8. The second-order valence-electron chi connectivity index (χ2n) is 6.03. The quantitative estimate of drug-likeness (QED) is 0.934. The number of likely N-dealkylation sites (N-methyl/N-ethyl adjacent to an activating group) is 1. The lowest BCUT2D eigenvalue weighted by Crippen LogP contribution is -2.42. The molecule has 7 heteroatoms. The van der Waals surface area contributed by atoms with Crippen LogP contribution in [0.4, 0.5) is 0 Å². The molecule has 0 aliphatic heterocycles. The van der Waals surface area contributed by atoms with E-state index >= 15 is 0 Å². The molecule has 3 rings (SSSR count). The monoisotopic (exact) mass is 320 g/mol. The highest BCUT2D eigenvalue weighted by molar-refractivity contribution is 7.13. The lowest BCUT2D eigenvalue weighted by atomic mass is 10.0. The SMILES string of the molecule is CN(CC1(O)CCCC1)C(=O)c1csc(-c2cnn(C)c2)n1. The Morgan fingerprint density at radius 2 is 2.23 bits per heavy atom. The first kappa shape index (κ1) is 15.2. The molecule has 1 aliphatic carbocycles. The number of hydrogen-bond donors (Lipinski definition) is 1. The first-order valence-electron chi connectivity index (χ1n) is 7.39. The van der Waals surface area contributed by atoms with Crippen molar-refractivity contribution < 1.29 is 9.90 Å². The lowest BCUT2D eigenvalue weighted by molar-refractivity contribution is 0.0155. The van der Waals surface area contributed by atoms with Crippen LogP contribution in [0.2, 0.25) is 0 Å². The summed E-state index contributed by atoms with van der Waals surface area (Å²) in [6.07, 6.45) is 7.20. The Bertz CT molecular complexity index is 673. The largest absolute Gasteiger partial charge is 0.388 e. The fourth-order valence-electron chi connectivity index (χ4n) is 2.94. The fraction of sp³-hybridized carbons (Fsp3) is 0.533. The highest BCUT2D eigenvalue weighted by Crippen LogP contribution is 2.30. The summed E-state index contributed by atoms with van der Waals surface area (Å²) < 4.78 is 1.71. The minimum absolute atomic E-state index is 0.147. The summed E-state index contributed by atoms with van der Waals surface area (Å²) in [4.78, 5) is 18.4. The topological polar surface area (TPSA) is 71.2 Å². The van der Waals surface area contributed by atoms with E-state index in [4.69, 9.17) is 0 Å². The molecule has 0 spiro atoms. The molecule has 0 atom stereocenters. The number of rotatable bonds is 4. The number of amides is 1. The first-order valence-corrected chi connectivity index (χ1v) is 8.27. The molecule has 0 saturated heterocycles. The maximum atomic E-state index is 12.5. The van der Waals surface area contributed by atoms with Gasteiger partial charge in [-0.3, -0.25) is 9.48 Å². The molecule has 0 aromatic carbocycles. The molecule has 1 saturated carbocycles. The molecule has 2 aromatic heterocycles. The normalized spacial score (nSPS) is 16.9. The summed E-state index contributed by atoms with van der Waals surface area (Å²) in [5.74, 6) is -0.147. The summed E-state index contributed by atoms with van der Waals surface area (Å²) in [6.45, 7) is 0.367. The van der Waals surface area contributed by atoms with Crippen LogP contribution in [-0.2, 0) is 7.05 Å². The molecule has 2 heterocycles. The maximum Gasteiger partial charge on any atom is 0.273 e. The molecule has 0 radical (unpaired) electrons. The summed E-state index contributed by atoms with van der Waals surface area (Å²) in [5.41, 5.74) is 0.601. The van der Waals surface area contributed by atoms with Gasteiger partial charge in [0.05, 0.1) is 11.8 Å². The van der Waals surface area contributed by atoms with Gasteiger partial charge in [-0.1, -0.05) is 12.8 Å². The van der Waals surface area contributed by atoms with Gasteiger partial charge in [0.1, 0.15) is 10.7 Å². The predicted molar refractivity (Wildman–Crippen MR) is 84.7 cm³/mol. The molecule has 1 aliphatic rings. The number of nitrogens with zero attached hydrogens (tertiary/aromatic N) is 4. The molecule has 1 N–H and O–H groups in total. The third-order valence-electron chi connectivity index (χ3n) is 4.09. The van der Waals surface area contributed by atoms with Crippen LogP contribution < -0.4 is 0 Å². The standard InChI is InChI=1S/C15H20N4O2S/c1-18(10-15(21)5-3-4-6-15)14(20)12-9-22-13(17-12)11-7-16-19(2)8-11/h7-9,21H,3-6,10H2,1-2H3. The van der Waals surface area contributed by atoms with Gasteiger partial charge in [-0.2, -0.15) is 5.10 Å². The van der Waals surface area contributed by atoms with Crippen molar-refractivity contribution in [2.75, 3.05) is 13.6 Å². The van der Waals surface area contributed by atoms with Gasteiger partial charge in [0.25, 0.3) is 5.91 Å². The number of aliphatic hydroxyl groups is 1. The highest BCUT2D eigenvalue weighted by Gasteiger charge is 2.34. The van der Waals surface area contributed by atoms with Gasteiger partial charge < -0.3 is 10.0 Å². The maximum absolute atomic E-state index is 12.5. The van der Waals surface area contributed by atoms with Crippen molar-refractivity contribution in [1.29, 1.82) is 0 Å². The van der Waals surface area contributed by atoms with Gasteiger partial charge in [0.15, 0.2) is 0 Å². The van der Waals surface area contributed by atoms with Crippen LogP contribution in [-0.4, -0.2) is 49.9 Å². The van der Waals surface area contributed by atoms with Gasteiger partial charge in [-0.15, -0.1) is 11.3 Å². The number of carbonyl (C=O) groups is 1. The minimum atomic E-state index is -0.730. The van der Waals surface area contributed by atoms with Crippen LogP contribution in [0.3, 0.4) is 0 Å². The van der Waals surface area contributed by atoms with Crippen molar-refractivity contribution in [1.82, 2.24) is 19.7 Å². The van der Waals surface area contributed by atoms with Crippen molar-refractivity contribution in [2.45, 2.75) is 31.3 Å². The van der Waals surface area contributed by atoms with E-state index in [0.29, 0.717) is 12.2 Å². The van der Waals surface area contributed by atoms with Crippen LogP contribution in [0.25, 0.3) is 10.6 Å². The molecule has 0 bridgehead atoms. The average Bonchev–Trinajstić information content (AvgIpc) is 3.18. The summed E-state index contributed by atoms with van der Waals surface area (Å²) >= 11 is 1.43. The van der Waals surface area contributed by atoms with E-state index < -0.39 is 5.60 Å². The van der Waals surface area contributed by atoms with Crippen molar-refractivity contribution in [3.63, 3.8) is 0 Å². The van der Waals surface area contributed by atoms with Gasteiger partial charge >= 0.3 is 0 Å². The Hall–Kier alpha value is -1.73. The predicted octanol–water partition coefficient (Wildman–Crippen LogP) is 1.92. The van der Waals surface area contributed by atoms with E-state index in [-0.39, 0.29) is 5.91 Å². The van der Waals surface area contributed by atoms with Crippen LogP contribution in [0.5, 0.6) is 0 Å². The third-order valence-corrected chi connectivity index (χ3v) is 4.98. The van der Waals surface area contributed by atoms with Crippen LogP contribution >= 0.6 is 11.3 Å². The number of carbonyl (C=O) groups excluding carboxylic acids is 1. The van der Waals surface area contributed by atoms with E-state index in [1.165, 1.54) is 11.3 Å². The summed E-state index contributed by atoms with van der Waals surface area (Å²) in [6, 6.07) is 0. The summed E-state index contributed by atoms with van der Waals surface area (Å²) in [5, 5.41) is 17.1. The molecule has 22 heavy (non-hydrogen) atoms. The molecule has 2 aromatic rings. The van der Waals surface area contributed by atoms with Crippen molar-refractivity contribution in [3.05, 3.63) is 23.5 Å². The van der Waals surface area contributed by atoms with Gasteiger partial charge in [-0.25, -0.2) is 4.98 Å². The zero-order valence-corrected chi connectivity index (χ0v) is 13.6. The number of aryl methyl sites for hydroxylation is 1. The average molecular weight is 320 g/mol. The van der Waals surface area contributed by atoms with E-state index in [1.807, 2.05) is 13.2 Å². The molecule has 6 nitrogen and oxygen atoms in total. The number of hydrogen-bond acceptors (Lipinski definition) is 5. The Morgan fingerprint density at radius 3 is 2.86 bits per heavy atom.